The van der Waals surface area contributed by atoms with E-state index in [0.29, 0.717) is 0 Å². The van der Waals surface area contributed by atoms with Gasteiger partial charge < -0.3 is 10.2 Å². The lowest BCUT2D eigenvalue weighted by atomic mass is 10.3. The fourth-order valence-electron chi connectivity index (χ4n) is 2.67. The Labute approximate surface area is 101 Å². The number of nitrogens with two attached hydrogens (primary N) is 1. The largest absolute Gasteiger partial charge is 0.337 e. The summed E-state index contributed by atoms with van der Waals surface area (Å²) in [6, 6.07) is 6.21. The number of fused-ring (bicyclic) bond motifs is 1. The highest BCUT2D eigenvalue weighted by Crippen LogP contribution is 2.10. The van der Waals surface area contributed by atoms with Crippen LogP contribution in [0.15, 0.2) is 24.4 Å². The first-order chi connectivity index (χ1) is 8.34. The highest BCUT2D eigenvalue weighted by atomic mass is 15.2. The Balaban J connectivity index is 1.90. The molecule has 0 bridgehead atoms. The van der Waals surface area contributed by atoms with Crippen LogP contribution < -0.4 is 10.2 Å². The van der Waals surface area contributed by atoms with Crippen LogP contribution in [0.25, 0.3) is 5.65 Å². The molecule has 4 heteroatoms. The summed E-state index contributed by atoms with van der Waals surface area (Å²) in [5.41, 5.74) is 3.62. The molecule has 0 spiro atoms. The summed E-state index contributed by atoms with van der Waals surface area (Å²) in [6.45, 7) is 8.26. The van der Waals surface area contributed by atoms with Gasteiger partial charge in [0, 0.05) is 6.20 Å². The second-order valence-corrected chi connectivity index (χ2v) is 4.87. The SMILES string of the molecule is Cc1nc2ccccn2c1C[NH+]1CC[NH2+]CC1. The maximum atomic E-state index is 4.62. The van der Waals surface area contributed by atoms with Gasteiger partial charge in [-0.25, -0.2) is 4.98 Å². The van der Waals surface area contributed by atoms with Crippen molar-refractivity contribution in [1.82, 2.24) is 9.38 Å². The lowest BCUT2D eigenvalue weighted by Crippen LogP contribution is -3.19. The van der Waals surface area contributed by atoms with Crippen molar-refractivity contribution in [2.45, 2.75) is 13.5 Å². The molecule has 1 saturated heterocycles. The Bertz CT molecular complexity index is 511. The van der Waals surface area contributed by atoms with E-state index in [0.717, 1.165) is 12.2 Å². The summed E-state index contributed by atoms with van der Waals surface area (Å²) >= 11 is 0. The molecule has 1 fully saturated rings. The number of hydrogen-bond acceptors (Lipinski definition) is 1. The number of aromatic nitrogens is 2. The molecule has 3 N–H and O–H groups in total. The Morgan fingerprint density at radius 2 is 2.18 bits per heavy atom. The van der Waals surface area contributed by atoms with Crippen LogP contribution >= 0.6 is 0 Å². The van der Waals surface area contributed by atoms with E-state index in [2.05, 4.69) is 40.0 Å². The third-order valence-electron chi connectivity index (χ3n) is 3.65. The van der Waals surface area contributed by atoms with Crippen LogP contribution in [0, 0.1) is 6.92 Å². The summed E-state index contributed by atoms with van der Waals surface area (Å²) in [5.74, 6) is 0. The van der Waals surface area contributed by atoms with Gasteiger partial charge in [0.25, 0.3) is 0 Å². The van der Waals surface area contributed by atoms with E-state index in [4.69, 9.17) is 0 Å². The van der Waals surface area contributed by atoms with Crippen molar-refractivity contribution in [3.8, 4) is 0 Å². The summed E-state index contributed by atoms with van der Waals surface area (Å²) in [6.07, 6.45) is 2.13. The summed E-state index contributed by atoms with van der Waals surface area (Å²) in [7, 11) is 0. The smallest absolute Gasteiger partial charge is 0.137 e. The van der Waals surface area contributed by atoms with E-state index in [1.165, 1.54) is 37.6 Å². The van der Waals surface area contributed by atoms with E-state index in [1.807, 2.05) is 6.07 Å². The fourth-order valence-corrected chi connectivity index (χ4v) is 2.67. The molecule has 0 unspecified atom stereocenters. The highest BCUT2D eigenvalue weighted by molar-refractivity contribution is 5.42. The number of nitrogens with one attached hydrogen (secondary N) is 1. The van der Waals surface area contributed by atoms with Crippen LogP contribution in [0.2, 0.25) is 0 Å². The van der Waals surface area contributed by atoms with Gasteiger partial charge in [-0.05, 0) is 19.1 Å². The van der Waals surface area contributed by atoms with E-state index in [-0.39, 0.29) is 0 Å². The number of rotatable bonds is 2. The van der Waals surface area contributed by atoms with Gasteiger partial charge in [-0.2, -0.15) is 0 Å². The van der Waals surface area contributed by atoms with Crippen molar-refractivity contribution < 1.29 is 10.2 Å². The van der Waals surface area contributed by atoms with Gasteiger partial charge in [0.15, 0.2) is 0 Å². The van der Waals surface area contributed by atoms with Gasteiger partial charge in [-0.15, -0.1) is 0 Å². The second kappa shape index (κ2) is 4.47. The number of piperazine rings is 1. The summed E-state index contributed by atoms with van der Waals surface area (Å²) < 4.78 is 2.24. The average Bonchev–Trinajstić information content (AvgIpc) is 2.68. The highest BCUT2D eigenvalue weighted by Gasteiger charge is 2.19. The van der Waals surface area contributed by atoms with Crippen LogP contribution in [-0.2, 0) is 6.54 Å². The average molecular weight is 232 g/mol. The van der Waals surface area contributed by atoms with Crippen LogP contribution in [0.3, 0.4) is 0 Å². The van der Waals surface area contributed by atoms with Gasteiger partial charge >= 0.3 is 0 Å². The zero-order valence-electron chi connectivity index (χ0n) is 10.3. The predicted octanol–water partition coefficient (Wildman–Crippen LogP) is -1.40. The molecule has 17 heavy (non-hydrogen) atoms. The maximum Gasteiger partial charge on any atom is 0.137 e. The van der Waals surface area contributed by atoms with E-state index in [1.54, 1.807) is 4.90 Å². The first-order valence-corrected chi connectivity index (χ1v) is 6.42. The van der Waals surface area contributed by atoms with Crippen LogP contribution in [-0.4, -0.2) is 35.6 Å². The molecule has 2 aromatic rings. The third kappa shape index (κ3) is 2.06. The lowest BCUT2D eigenvalue weighted by molar-refractivity contribution is -0.958. The molecule has 0 aromatic carbocycles. The minimum absolute atomic E-state index is 1.07. The van der Waals surface area contributed by atoms with Crippen molar-refractivity contribution in [2.75, 3.05) is 26.2 Å². The normalized spacial score (nSPS) is 17.7. The molecule has 0 saturated carbocycles. The molecule has 90 valence electrons. The summed E-state index contributed by atoms with van der Waals surface area (Å²) in [5, 5.41) is 2.41. The Morgan fingerprint density at radius 1 is 1.35 bits per heavy atom. The molecule has 3 rings (SSSR count). The number of nitrogens with zero attached hydrogens (tertiary/aromatic N) is 2. The number of aryl methyl sites for hydroxylation is 1. The second-order valence-electron chi connectivity index (χ2n) is 4.87. The van der Waals surface area contributed by atoms with Gasteiger partial charge in [0.1, 0.15) is 38.4 Å². The first kappa shape index (κ1) is 10.7. The molecule has 1 aliphatic heterocycles. The van der Waals surface area contributed by atoms with Crippen molar-refractivity contribution in [1.29, 1.82) is 0 Å². The molecular formula is C13H20N4+2. The van der Waals surface area contributed by atoms with Crippen molar-refractivity contribution in [2.24, 2.45) is 0 Å². The Hall–Kier alpha value is -1.39. The third-order valence-corrected chi connectivity index (χ3v) is 3.65. The molecule has 0 aliphatic carbocycles. The Morgan fingerprint density at radius 3 is 3.00 bits per heavy atom. The van der Waals surface area contributed by atoms with Crippen LogP contribution in [0.4, 0.5) is 0 Å². The number of pyridine rings is 1. The number of hydrogen-bond donors (Lipinski definition) is 2. The standard InChI is InChI=1S/C13H18N4/c1-11-12(10-16-8-5-14-6-9-16)17-7-3-2-4-13(17)15-11/h2-4,7,14H,5-6,8-10H2,1H3/p+2. The molecule has 4 nitrogen and oxygen atoms in total. The molecule has 1 aliphatic rings. The minimum Gasteiger partial charge on any atom is -0.337 e. The monoisotopic (exact) mass is 232 g/mol. The molecule has 3 heterocycles. The predicted molar refractivity (Wildman–Crippen MR) is 66.0 cm³/mol. The fraction of sp³-hybridized carbons (Fsp3) is 0.462. The quantitative estimate of drug-likeness (QED) is 0.657. The minimum atomic E-state index is 1.07. The molecule has 0 atom stereocenters. The Kier molecular flexibility index (Phi) is 2.82. The van der Waals surface area contributed by atoms with Gasteiger partial charge in [0.2, 0.25) is 0 Å². The summed E-state index contributed by atoms with van der Waals surface area (Å²) in [4.78, 5) is 6.30. The zero-order chi connectivity index (χ0) is 11.7. The maximum absolute atomic E-state index is 4.62. The van der Waals surface area contributed by atoms with E-state index < -0.39 is 0 Å². The number of imidazole rings is 1. The van der Waals surface area contributed by atoms with Crippen molar-refractivity contribution >= 4 is 5.65 Å². The van der Waals surface area contributed by atoms with Gasteiger partial charge in [0.05, 0.1) is 11.4 Å². The molecular weight excluding hydrogens is 212 g/mol. The van der Waals surface area contributed by atoms with Crippen LogP contribution in [0.5, 0.6) is 0 Å². The van der Waals surface area contributed by atoms with E-state index >= 15 is 0 Å². The number of quaternary nitrogens is 2. The van der Waals surface area contributed by atoms with Gasteiger partial charge in [-0.3, -0.25) is 4.40 Å². The lowest BCUT2D eigenvalue weighted by Gasteiger charge is -2.22. The first-order valence-electron chi connectivity index (χ1n) is 6.42. The zero-order valence-corrected chi connectivity index (χ0v) is 10.3. The van der Waals surface area contributed by atoms with Gasteiger partial charge in [-0.1, -0.05) is 6.07 Å². The topological polar surface area (TPSA) is 38.4 Å². The molecule has 2 aromatic heterocycles. The van der Waals surface area contributed by atoms with Crippen molar-refractivity contribution in [3.63, 3.8) is 0 Å². The van der Waals surface area contributed by atoms with Crippen molar-refractivity contribution in [3.05, 3.63) is 35.8 Å². The molecule has 0 radical (unpaired) electrons. The molecule has 0 amide bonds. The van der Waals surface area contributed by atoms with Crippen LogP contribution in [0.1, 0.15) is 11.4 Å². The van der Waals surface area contributed by atoms with E-state index in [9.17, 15) is 0 Å².